The molecule has 0 spiro atoms. The molecule has 9 heteroatoms. The molecule has 0 unspecified atom stereocenters. The molecule has 0 aromatic rings. The monoisotopic (exact) mass is 576 g/mol. The minimum absolute atomic E-state index is 0.0898. The summed E-state index contributed by atoms with van der Waals surface area (Å²) >= 11 is 0. The van der Waals surface area contributed by atoms with E-state index in [2.05, 4.69) is 13.8 Å². The molecule has 0 aromatic heterocycles. The van der Waals surface area contributed by atoms with E-state index in [0.717, 1.165) is 50.5 Å². The van der Waals surface area contributed by atoms with Crippen molar-refractivity contribution in [1.29, 1.82) is 0 Å². The lowest BCUT2D eigenvalue weighted by molar-refractivity contribution is -0.273. The Bertz CT molecular complexity index is 1080. The van der Waals surface area contributed by atoms with Crippen molar-refractivity contribution in [2.24, 2.45) is 34.5 Å². The van der Waals surface area contributed by atoms with Crippen LogP contribution in [0.1, 0.15) is 85.5 Å². The largest absolute Gasteiger partial charge is 0.462 e. The molecule has 13 atom stereocenters. The average molecular weight is 577 g/mol. The highest BCUT2D eigenvalue weighted by atomic mass is 16.7. The minimum atomic E-state index is -0.990. The summed E-state index contributed by atoms with van der Waals surface area (Å²) in [5, 5.41) is 23.0. The first-order valence-electron chi connectivity index (χ1n) is 15.7. The molecule has 0 radical (unpaired) electrons. The number of esters is 2. The Balaban J connectivity index is 1.19. The molecule has 230 valence electrons. The Morgan fingerprint density at radius 3 is 2.54 bits per heavy atom. The molecule has 6 aliphatic rings. The summed E-state index contributed by atoms with van der Waals surface area (Å²) in [6, 6.07) is 0. The van der Waals surface area contributed by atoms with Gasteiger partial charge in [0.15, 0.2) is 6.29 Å². The number of ether oxygens (including phenoxy) is 5. The van der Waals surface area contributed by atoms with E-state index in [-0.39, 0.29) is 60.4 Å². The summed E-state index contributed by atoms with van der Waals surface area (Å²) < 4.78 is 29.1. The van der Waals surface area contributed by atoms with Crippen LogP contribution in [0.2, 0.25) is 0 Å². The van der Waals surface area contributed by atoms with Crippen LogP contribution in [0.5, 0.6) is 0 Å². The first kappa shape index (κ1) is 29.5. The van der Waals surface area contributed by atoms with Crippen molar-refractivity contribution in [3.05, 3.63) is 11.6 Å². The highest BCUT2D eigenvalue weighted by Gasteiger charge is 2.71. The Morgan fingerprint density at radius 2 is 1.85 bits per heavy atom. The van der Waals surface area contributed by atoms with E-state index in [4.69, 9.17) is 23.7 Å². The van der Waals surface area contributed by atoms with Crippen LogP contribution in [-0.4, -0.2) is 78.3 Å². The number of rotatable bonds is 5. The van der Waals surface area contributed by atoms with Gasteiger partial charge < -0.3 is 33.9 Å². The highest BCUT2D eigenvalue weighted by Crippen LogP contribution is 2.70. The van der Waals surface area contributed by atoms with Gasteiger partial charge in [0, 0.05) is 44.3 Å². The van der Waals surface area contributed by atoms with Crippen molar-refractivity contribution in [3.8, 4) is 0 Å². The standard InChI is InChI=1S/C32H48O9/c1-17-29(35)24(37-5)14-27(39-17)41-21-8-10-30(3)20(13-21)6-7-23-22(30)9-11-31(4)28(19-12-26(34)38-16-19)25(40-18(2)33)15-32(23,31)36/h12,17,20-25,27-29,35-36H,6-11,13-16H2,1-5H3/t17-,20+,21-,22+,23+,24+,25-,27-,28-,29-,30-,31+,32-/m0/s1. The van der Waals surface area contributed by atoms with Gasteiger partial charge in [0.25, 0.3) is 0 Å². The molecule has 2 heterocycles. The maximum atomic E-state index is 12.7. The zero-order chi connectivity index (χ0) is 29.3. The van der Waals surface area contributed by atoms with Gasteiger partial charge in [0.1, 0.15) is 18.8 Å². The number of carbonyl (C=O) groups is 2. The van der Waals surface area contributed by atoms with Crippen molar-refractivity contribution in [3.63, 3.8) is 0 Å². The molecule has 0 bridgehead atoms. The first-order chi connectivity index (χ1) is 19.4. The lowest BCUT2D eigenvalue weighted by Gasteiger charge is -2.63. The fraction of sp³-hybridized carbons (Fsp3) is 0.875. The summed E-state index contributed by atoms with van der Waals surface area (Å²) in [4.78, 5) is 24.2. The van der Waals surface area contributed by atoms with Crippen molar-refractivity contribution in [2.75, 3.05) is 13.7 Å². The van der Waals surface area contributed by atoms with E-state index in [1.54, 1.807) is 13.2 Å². The van der Waals surface area contributed by atoms with E-state index in [1.807, 2.05) is 6.92 Å². The third-order valence-electron chi connectivity index (χ3n) is 12.5. The summed E-state index contributed by atoms with van der Waals surface area (Å²) in [5.74, 6) is 0.0175. The van der Waals surface area contributed by atoms with Crippen LogP contribution in [-0.2, 0) is 33.3 Å². The van der Waals surface area contributed by atoms with Crippen molar-refractivity contribution < 1.29 is 43.5 Å². The lowest BCUT2D eigenvalue weighted by atomic mass is 9.43. The number of hydrogen-bond acceptors (Lipinski definition) is 9. The first-order valence-corrected chi connectivity index (χ1v) is 15.7. The number of methoxy groups -OCH3 is 1. The third kappa shape index (κ3) is 4.69. The van der Waals surface area contributed by atoms with Crippen molar-refractivity contribution in [1.82, 2.24) is 0 Å². The normalized spacial score (nSPS) is 51.2. The van der Waals surface area contributed by atoms with Crippen LogP contribution in [0.15, 0.2) is 11.6 Å². The second kappa shape index (κ2) is 10.6. The van der Waals surface area contributed by atoms with Crippen LogP contribution in [0.3, 0.4) is 0 Å². The molecule has 0 amide bonds. The quantitative estimate of drug-likeness (QED) is 0.373. The molecule has 2 aliphatic heterocycles. The van der Waals surface area contributed by atoms with Crippen LogP contribution in [0.4, 0.5) is 0 Å². The second-order valence-corrected chi connectivity index (χ2v) is 14.3. The number of aliphatic hydroxyl groups excluding tert-OH is 1. The molecule has 4 saturated carbocycles. The van der Waals surface area contributed by atoms with Gasteiger partial charge in [-0.1, -0.05) is 13.8 Å². The van der Waals surface area contributed by atoms with Gasteiger partial charge in [-0.3, -0.25) is 4.79 Å². The molecule has 9 nitrogen and oxygen atoms in total. The predicted octanol–water partition coefficient (Wildman–Crippen LogP) is 3.68. The predicted molar refractivity (Wildman–Crippen MR) is 147 cm³/mol. The van der Waals surface area contributed by atoms with E-state index in [9.17, 15) is 19.8 Å². The van der Waals surface area contributed by atoms with Gasteiger partial charge in [0.2, 0.25) is 0 Å². The Hall–Kier alpha value is -1.52. The molecule has 5 fully saturated rings. The Morgan fingerprint density at radius 1 is 1.07 bits per heavy atom. The van der Waals surface area contributed by atoms with Crippen LogP contribution >= 0.6 is 0 Å². The Kier molecular flexibility index (Phi) is 7.62. The van der Waals surface area contributed by atoms with E-state index in [1.165, 1.54) is 6.92 Å². The number of aliphatic hydroxyl groups is 2. The molecule has 6 rings (SSSR count). The number of cyclic esters (lactones) is 1. The molecule has 1 saturated heterocycles. The van der Waals surface area contributed by atoms with Gasteiger partial charge in [-0.2, -0.15) is 0 Å². The zero-order valence-electron chi connectivity index (χ0n) is 25.2. The summed E-state index contributed by atoms with van der Waals surface area (Å²) in [6.07, 6.45) is 7.14. The number of carbonyl (C=O) groups excluding carboxylic acids is 2. The summed E-state index contributed by atoms with van der Waals surface area (Å²) in [6.45, 7) is 8.06. The van der Waals surface area contributed by atoms with E-state index in [0.29, 0.717) is 24.7 Å². The smallest absolute Gasteiger partial charge is 0.331 e. The van der Waals surface area contributed by atoms with Crippen molar-refractivity contribution in [2.45, 2.75) is 128 Å². The third-order valence-corrected chi connectivity index (χ3v) is 12.5. The Labute approximate surface area is 243 Å². The topological polar surface area (TPSA) is 121 Å². The summed E-state index contributed by atoms with van der Waals surface area (Å²) in [7, 11) is 1.62. The average Bonchev–Trinajstić information content (AvgIpc) is 3.42. The van der Waals surface area contributed by atoms with Crippen LogP contribution in [0.25, 0.3) is 0 Å². The molecular weight excluding hydrogens is 528 g/mol. The molecule has 0 aromatic carbocycles. The molecular formula is C32H48O9. The minimum Gasteiger partial charge on any atom is -0.462 e. The lowest BCUT2D eigenvalue weighted by Crippen LogP contribution is -2.62. The van der Waals surface area contributed by atoms with E-state index < -0.39 is 23.2 Å². The fourth-order valence-electron chi connectivity index (χ4n) is 10.4. The van der Waals surface area contributed by atoms with Gasteiger partial charge >= 0.3 is 11.9 Å². The van der Waals surface area contributed by atoms with Gasteiger partial charge in [-0.15, -0.1) is 0 Å². The number of fused-ring (bicyclic) bond motifs is 5. The van der Waals surface area contributed by atoms with Crippen LogP contribution in [0, 0.1) is 34.5 Å². The van der Waals surface area contributed by atoms with Gasteiger partial charge in [-0.05, 0) is 80.6 Å². The molecule has 4 aliphatic carbocycles. The van der Waals surface area contributed by atoms with Gasteiger partial charge in [0.05, 0.1) is 23.9 Å². The fourth-order valence-corrected chi connectivity index (χ4v) is 10.4. The van der Waals surface area contributed by atoms with Crippen LogP contribution < -0.4 is 0 Å². The SMILES string of the molecule is CO[C@@H]1C[C@H](O[C@H]2CC[C@@]3(C)[C@H](CC[C@@H]4[C@H]3CC[C@]3(C)[C@@H](C5=CC(=O)OC5)[C@@H](OC(C)=O)C[C@]43O)C2)O[C@@H](C)[C@@H]1O. The maximum Gasteiger partial charge on any atom is 0.331 e. The second-order valence-electron chi connectivity index (χ2n) is 14.3. The van der Waals surface area contributed by atoms with Gasteiger partial charge in [-0.25, -0.2) is 4.79 Å². The molecule has 41 heavy (non-hydrogen) atoms. The number of hydrogen-bond donors (Lipinski definition) is 2. The summed E-state index contributed by atoms with van der Waals surface area (Å²) in [5.41, 5.74) is -0.559. The van der Waals surface area contributed by atoms with Crippen molar-refractivity contribution >= 4 is 11.9 Å². The zero-order valence-corrected chi connectivity index (χ0v) is 25.2. The molecule has 2 N–H and O–H groups in total. The highest BCUT2D eigenvalue weighted by molar-refractivity contribution is 5.85. The van der Waals surface area contributed by atoms with E-state index >= 15 is 0 Å². The maximum absolute atomic E-state index is 12.7.